The van der Waals surface area contributed by atoms with E-state index in [-0.39, 0.29) is 17.0 Å². The first-order chi connectivity index (χ1) is 11.0. The van der Waals surface area contributed by atoms with E-state index in [1.54, 1.807) is 17.8 Å². The number of rotatable bonds is 2. The Morgan fingerprint density at radius 2 is 1.78 bits per heavy atom. The van der Waals surface area contributed by atoms with Crippen LogP contribution < -0.4 is 4.90 Å². The molecule has 0 saturated carbocycles. The van der Waals surface area contributed by atoms with E-state index in [1.807, 2.05) is 30.3 Å². The van der Waals surface area contributed by atoms with E-state index in [4.69, 9.17) is 0 Å². The van der Waals surface area contributed by atoms with Crippen LogP contribution in [0, 0.1) is 0 Å². The van der Waals surface area contributed by atoms with Gasteiger partial charge in [0, 0.05) is 17.9 Å². The van der Waals surface area contributed by atoms with Crippen molar-refractivity contribution in [3.63, 3.8) is 0 Å². The van der Waals surface area contributed by atoms with Gasteiger partial charge in [0.15, 0.2) is 0 Å². The maximum absolute atomic E-state index is 12.9. The fraction of sp³-hybridized carbons (Fsp3) is 0.235. The molecule has 0 aromatic heterocycles. The molecule has 2 aromatic carbocycles. The molecule has 0 radical (unpaired) electrons. The van der Waals surface area contributed by atoms with Crippen molar-refractivity contribution in [3.05, 3.63) is 65.7 Å². The summed E-state index contributed by atoms with van der Waals surface area (Å²) < 4.78 is 38.8. The van der Waals surface area contributed by atoms with Crippen LogP contribution in [-0.4, -0.2) is 11.7 Å². The molecule has 0 N–H and O–H groups in total. The first kappa shape index (κ1) is 15.9. The van der Waals surface area contributed by atoms with Crippen molar-refractivity contribution >= 4 is 23.4 Å². The smallest absolute Gasteiger partial charge is 0.296 e. The van der Waals surface area contributed by atoms with Gasteiger partial charge in [-0.25, -0.2) is 0 Å². The summed E-state index contributed by atoms with van der Waals surface area (Å²) >= 11 is 1.56. The number of halogens is 3. The third-order valence-electron chi connectivity index (χ3n) is 3.63. The van der Waals surface area contributed by atoms with Gasteiger partial charge >= 0.3 is 6.18 Å². The molecule has 23 heavy (non-hydrogen) atoms. The first-order valence-electron chi connectivity index (χ1n) is 7.13. The van der Waals surface area contributed by atoms with Crippen LogP contribution in [0.2, 0.25) is 0 Å². The standard InChI is InChI=1S/C17H14F3NOS/c18-17(19,20)13-7-4-8-14(11-13)21-15(22)9-10-23-16(21)12-5-2-1-3-6-12/h1-8,11,16H,9-10H2. The van der Waals surface area contributed by atoms with Crippen molar-refractivity contribution in [3.8, 4) is 0 Å². The predicted molar refractivity (Wildman–Crippen MR) is 85.2 cm³/mol. The van der Waals surface area contributed by atoms with Crippen molar-refractivity contribution in [2.24, 2.45) is 0 Å². The number of amides is 1. The zero-order valence-corrected chi connectivity index (χ0v) is 12.9. The van der Waals surface area contributed by atoms with Gasteiger partial charge < -0.3 is 0 Å². The molecule has 1 aliphatic rings. The lowest BCUT2D eigenvalue weighted by Gasteiger charge is -2.35. The Balaban J connectivity index is 2.02. The highest BCUT2D eigenvalue weighted by Crippen LogP contribution is 2.41. The number of thioether (sulfide) groups is 1. The van der Waals surface area contributed by atoms with Crippen LogP contribution in [0.25, 0.3) is 0 Å². The number of carbonyl (C=O) groups excluding carboxylic acids is 1. The first-order valence-corrected chi connectivity index (χ1v) is 8.17. The zero-order valence-electron chi connectivity index (χ0n) is 12.1. The van der Waals surface area contributed by atoms with Crippen LogP contribution >= 0.6 is 11.8 Å². The average Bonchev–Trinajstić information content (AvgIpc) is 2.55. The molecule has 120 valence electrons. The Bertz CT molecular complexity index is 702. The van der Waals surface area contributed by atoms with E-state index in [1.165, 1.54) is 11.0 Å². The number of hydrogen-bond acceptors (Lipinski definition) is 2. The van der Waals surface area contributed by atoms with Gasteiger partial charge in [0.05, 0.1) is 5.56 Å². The minimum atomic E-state index is -4.43. The van der Waals surface area contributed by atoms with Crippen molar-refractivity contribution in [2.45, 2.75) is 18.0 Å². The molecule has 3 rings (SSSR count). The van der Waals surface area contributed by atoms with Crippen molar-refractivity contribution in [2.75, 3.05) is 10.7 Å². The average molecular weight is 337 g/mol. The molecule has 1 saturated heterocycles. The minimum absolute atomic E-state index is 0.156. The Kier molecular flexibility index (Phi) is 4.35. The van der Waals surface area contributed by atoms with Gasteiger partial charge in [-0.05, 0) is 23.8 Å². The minimum Gasteiger partial charge on any atom is -0.296 e. The highest BCUT2D eigenvalue weighted by Gasteiger charge is 2.34. The van der Waals surface area contributed by atoms with Gasteiger partial charge in [-0.3, -0.25) is 9.69 Å². The maximum Gasteiger partial charge on any atom is 0.416 e. The number of anilines is 1. The number of carbonyl (C=O) groups is 1. The summed E-state index contributed by atoms with van der Waals surface area (Å²) in [7, 11) is 0. The molecule has 1 aliphatic heterocycles. The lowest BCUT2D eigenvalue weighted by molar-refractivity contribution is -0.137. The molecule has 1 atom stereocenters. The molecule has 1 heterocycles. The molecule has 1 unspecified atom stereocenters. The van der Waals surface area contributed by atoms with Gasteiger partial charge in [-0.1, -0.05) is 36.4 Å². The van der Waals surface area contributed by atoms with E-state index in [0.717, 1.165) is 17.7 Å². The quantitative estimate of drug-likeness (QED) is 0.779. The molecule has 0 bridgehead atoms. The van der Waals surface area contributed by atoms with Gasteiger partial charge in [0.25, 0.3) is 0 Å². The monoisotopic (exact) mass is 337 g/mol. The summed E-state index contributed by atoms with van der Waals surface area (Å²) in [5, 5.41) is -0.305. The Labute approximate surface area is 136 Å². The predicted octanol–water partition coefficient (Wildman–Crippen LogP) is 4.87. The largest absolute Gasteiger partial charge is 0.416 e. The van der Waals surface area contributed by atoms with E-state index < -0.39 is 11.7 Å². The summed E-state index contributed by atoms with van der Waals surface area (Å²) in [6.45, 7) is 0. The Morgan fingerprint density at radius 3 is 2.48 bits per heavy atom. The molecule has 1 amide bonds. The summed E-state index contributed by atoms with van der Waals surface area (Å²) in [6, 6.07) is 14.3. The topological polar surface area (TPSA) is 20.3 Å². The number of hydrogen-bond donors (Lipinski definition) is 0. The molecule has 0 spiro atoms. The van der Waals surface area contributed by atoms with Crippen LogP contribution in [0.15, 0.2) is 54.6 Å². The number of alkyl halides is 3. The van der Waals surface area contributed by atoms with Crippen LogP contribution in [0.5, 0.6) is 0 Å². The van der Waals surface area contributed by atoms with Gasteiger partial charge in [-0.15, -0.1) is 11.8 Å². The van der Waals surface area contributed by atoms with Crippen molar-refractivity contribution in [1.82, 2.24) is 0 Å². The van der Waals surface area contributed by atoms with E-state index in [2.05, 4.69) is 0 Å². The number of nitrogens with zero attached hydrogens (tertiary/aromatic N) is 1. The van der Waals surface area contributed by atoms with Crippen molar-refractivity contribution < 1.29 is 18.0 Å². The lowest BCUT2D eigenvalue weighted by atomic mass is 10.1. The fourth-order valence-electron chi connectivity index (χ4n) is 2.56. The highest BCUT2D eigenvalue weighted by molar-refractivity contribution is 7.99. The molecule has 6 heteroatoms. The van der Waals surface area contributed by atoms with Crippen LogP contribution in [0.1, 0.15) is 22.9 Å². The second kappa shape index (κ2) is 6.28. The molecule has 2 aromatic rings. The number of benzene rings is 2. The normalized spacial score (nSPS) is 19.0. The third kappa shape index (κ3) is 3.37. The summed E-state index contributed by atoms with van der Waals surface area (Å²) in [5.41, 5.74) is 0.444. The molecular formula is C17H14F3NOS. The van der Waals surface area contributed by atoms with Gasteiger partial charge in [-0.2, -0.15) is 13.2 Å². The van der Waals surface area contributed by atoms with Gasteiger partial charge in [0.2, 0.25) is 5.91 Å². The lowest BCUT2D eigenvalue weighted by Crippen LogP contribution is -2.37. The van der Waals surface area contributed by atoms with E-state index in [9.17, 15) is 18.0 Å². The summed E-state index contributed by atoms with van der Waals surface area (Å²) in [6.07, 6.45) is -4.10. The van der Waals surface area contributed by atoms with Crippen molar-refractivity contribution in [1.29, 1.82) is 0 Å². The maximum atomic E-state index is 12.9. The van der Waals surface area contributed by atoms with Crippen LogP contribution in [0.3, 0.4) is 0 Å². The van der Waals surface area contributed by atoms with E-state index in [0.29, 0.717) is 12.2 Å². The second-order valence-corrected chi connectivity index (χ2v) is 6.38. The third-order valence-corrected chi connectivity index (χ3v) is 4.87. The molecule has 1 fully saturated rings. The molecular weight excluding hydrogens is 323 g/mol. The molecule has 2 nitrogen and oxygen atoms in total. The summed E-state index contributed by atoms with van der Waals surface area (Å²) in [5.74, 6) is 0.505. The Morgan fingerprint density at radius 1 is 1.04 bits per heavy atom. The second-order valence-electron chi connectivity index (χ2n) is 5.20. The highest BCUT2D eigenvalue weighted by atomic mass is 32.2. The van der Waals surface area contributed by atoms with E-state index >= 15 is 0 Å². The Hall–Kier alpha value is -1.95. The fourth-order valence-corrected chi connectivity index (χ4v) is 3.81. The van der Waals surface area contributed by atoms with Crippen LogP contribution in [-0.2, 0) is 11.0 Å². The van der Waals surface area contributed by atoms with Crippen LogP contribution in [0.4, 0.5) is 18.9 Å². The summed E-state index contributed by atoms with van der Waals surface area (Å²) in [4.78, 5) is 13.8. The van der Waals surface area contributed by atoms with Gasteiger partial charge in [0.1, 0.15) is 5.37 Å². The SMILES string of the molecule is O=C1CCSC(c2ccccc2)N1c1cccc(C(F)(F)F)c1. The zero-order chi connectivity index (χ0) is 16.4. The molecule has 0 aliphatic carbocycles.